The van der Waals surface area contributed by atoms with Crippen LogP contribution in [0.3, 0.4) is 0 Å². The van der Waals surface area contributed by atoms with E-state index >= 15 is 0 Å². The number of aliphatic imine (C=N–C) groups is 1. The Bertz CT molecular complexity index is 550. The minimum absolute atomic E-state index is 0. The lowest BCUT2D eigenvalue weighted by molar-refractivity contribution is -0.00254. The van der Waals surface area contributed by atoms with E-state index in [-0.39, 0.29) is 29.5 Å². The molecule has 1 saturated heterocycles. The maximum Gasteiger partial charge on any atom is 0.191 e. The van der Waals surface area contributed by atoms with Gasteiger partial charge in [-0.05, 0) is 46.0 Å². The first-order chi connectivity index (χ1) is 12.6. The highest BCUT2D eigenvalue weighted by atomic mass is 127. The first kappa shape index (κ1) is 24.5. The number of nitrogens with zero attached hydrogens (tertiary/aromatic N) is 2. The van der Waals surface area contributed by atoms with E-state index in [0.29, 0.717) is 5.25 Å². The molecule has 0 bridgehead atoms. The van der Waals surface area contributed by atoms with Crippen LogP contribution in [-0.4, -0.2) is 68.6 Å². The molecule has 7 heteroatoms. The molecule has 1 heterocycles. The van der Waals surface area contributed by atoms with E-state index in [0.717, 1.165) is 51.6 Å². The number of ether oxygens (including phenoxy) is 1. The Kier molecular flexibility index (Phi) is 11.7. The van der Waals surface area contributed by atoms with E-state index in [2.05, 4.69) is 73.8 Å². The molecule has 5 nitrogen and oxygen atoms in total. The minimum Gasteiger partial charge on any atom is -0.381 e. The molecule has 0 aromatic heterocycles. The first-order valence-corrected chi connectivity index (χ1v) is 10.4. The smallest absolute Gasteiger partial charge is 0.191 e. The molecule has 2 rings (SSSR count). The number of halogens is 1. The highest BCUT2D eigenvalue weighted by Gasteiger charge is 2.34. The molecule has 1 aromatic rings. The number of hydrogen-bond acceptors (Lipinski definition) is 4. The van der Waals surface area contributed by atoms with Crippen molar-refractivity contribution in [1.82, 2.24) is 15.5 Å². The Morgan fingerprint density at radius 2 is 1.89 bits per heavy atom. The van der Waals surface area contributed by atoms with Crippen molar-refractivity contribution in [3.63, 3.8) is 0 Å². The fraction of sp³-hybridized carbons (Fsp3) is 0.650. The summed E-state index contributed by atoms with van der Waals surface area (Å²) in [6.07, 6.45) is 2.06. The van der Waals surface area contributed by atoms with Crippen molar-refractivity contribution in [3.05, 3.63) is 30.3 Å². The van der Waals surface area contributed by atoms with E-state index in [4.69, 9.17) is 9.73 Å². The van der Waals surface area contributed by atoms with Gasteiger partial charge in [0.25, 0.3) is 0 Å². The van der Waals surface area contributed by atoms with Gasteiger partial charge in [0, 0.05) is 42.0 Å². The van der Waals surface area contributed by atoms with Crippen molar-refractivity contribution in [3.8, 4) is 0 Å². The SMILES string of the molecule is CCNC(=NCC1(N(C)C)CCOCC1)NCC(C)Sc1ccccc1.I. The second-order valence-corrected chi connectivity index (χ2v) is 8.56. The Labute approximate surface area is 186 Å². The maximum atomic E-state index is 5.56. The molecule has 0 saturated carbocycles. The Morgan fingerprint density at radius 3 is 2.48 bits per heavy atom. The molecule has 1 unspecified atom stereocenters. The molecule has 27 heavy (non-hydrogen) atoms. The zero-order valence-corrected chi connectivity index (χ0v) is 20.2. The van der Waals surface area contributed by atoms with Crippen LogP contribution in [0.15, 0.2) is 40.2 Å². The lowest BCUT2D eigenvalue weighted by Gasteiger charge is -2.41. The van der Waals surface area contributed by atoms with E-state index < -0.39 is 0 Å². The van der Waals surface area contributed by atoms with Crippen LogP contribution in [0.2, 0.25) is 0 Å². The summed E-state index contributed by atoms with van der Waals surface area (Å²) >= 11 is 1.88. The molecule has 1 fully saturated rings. The number of likely N-dealkylation sites (N-methyl/N-ethyl adjacent to an activating group) is 1. The van der Waals surface area contributed by atoms with E-state index in [1.807, 2.05) is 11.8 Å². The second kappa shape index (κ2) is 12.9. The van der Waals surface area contributed by atoms with Gasteiger partial charge in [-0.1, -0.05) is 25.1 Å². The fourth-order valence-electron chi connectivity index (χ4n) is 3.08. The molecule has 1 atom stereocenters. The van der Waals surface area contributed by atoms with Crippen LogP contribution >= 0.6 is 35.7 Å². The summed E-state index contributed by atoms with van der Waals surface area (Å²) in [6, 6.07) is 10.5. The van der Waals surface area contributed by atoms with Gasteiger partial charge in [0.2, 0.25) is 0 Å². The number of nitrogens with one attached hydrogen (secondary N) is 2. The zero-order valence-electron chi connectivity index (χ0n) is 17.0. The zero-order chi connectivity index (χ0) is 18.8. The van der Waals surface area contributed by atoms with Crippen LogP contribution in [0, 0.1) is 0 Å². The summed E-state index contributed by atoms with van der Waals surface area (Å²) in [5.74, 6) is 0.903. The van der Waals surface area contributed by atoms with Crippen LogP contribution in [0.4, 0.5) is 0 Å². The molecule has 2 N–H and O–H groups in total. The molecule has 0 radical (unpaired) electrons. The summed E-state index contributed by atoms with van der Waals surface area (Å²) in [4.78, 5) is 8.52. The van der Waals surface area contributed by atoms with Gasteiger partial charge in [-0.3, -0.25) is 4.99 Å². The van der Waals surface area contributed by atoms with Gasteiger partial charge in [-0.2, -0.15) is 0 Å². The third-order valence-corrected chi connectivity index (χ3v) is 6.00. The maximum absolute atomic E-state index is 5.56. The monoisotopic (exact) mass is 506 g/mol. The molecular weight excluding hydrogens is 471 g/mol. The van der Waals surface area contributed by atoms with Crippen LogP contribution < -0.4 is 10.6 Å². The Balaban J connectivity index is 0.00000364. The topological polar surface area (TPSA) is 48.9 Å². The third kappa shape index (κ3) is 8.17. The first-order valence-electron chi connectivity index (χ1n) is 9.55. The van der Waals surface area contributed by atoms with E-state index in [9.17, 15) is 0 Å². The average molecular weight is 506 g/mol. The highest BCUT2D eigenvalue weighted by molar-refractivity contribution is 14.0. The minimum atomic E-state index is 0. The van der Waals surface area contributed by atoms with Gasteiger partial charge in [-0.25, -0.2) is 0 Å². The Hall–Kier alpha value is -0.510. The van der Waals surface area contributed by atoms with Crippen molar-refractivity contribution in [2.24, 2.45) is 4.99 Å². The molecule has 1 aromatic carbocycles. The summed E-state index contributed by atoms with van der Waals surface area (Å²) in [6.45, 7) is 8.53. The van der Waals surface area contributed by atoms with Gasteiger partial charge in [0.1, 0.15) is 0 Å². The molecule has 1 aliphatic heterocycles. The normalized spacial score (nSPS) is 17.9. The van der Waals surface area contributed by atoms with Crippen LogP contribution in [-0.2, 0) is 4.74 Å². The number of hydrogen-bond donors (Lipinski definition) is 2. The fourth-order valence-corrected chi connectivity index (χ4v) is 4.03. The largest absolute Gasteiger partial charge is 0.381 e. The summed E-state index contributed by atoms with van der Waals surface area (Å²) in [5.41, 5.74) is 0.102. The van der Waals surface area contributed by atoms with Crippen molar-refractivity contribution in [2.75, 3.05) is 46.9 Å². The lowest BCUT2D eigenvalue weighted by atomic mass is 9.89. The molecule has 1 aliphatic rings. The number of thioether (sulfide) groups is 1. The summed E-state index contributed by atoms with van der Waals surface area (Å²) in [5, 5.41) is 7.35. The van der Waals surface area contributed by atoms with Gasteiger partial charge >= 0.3 is 0 Å². The predicted molar refractivity (Wildman–Crippen MR) is 128 cm³/mol. The standard InChI is InChI=1S/C20H34N4OS.HI/c1-5-21-19(22-15-17(2)26-18-9-7-6-8-10-18)23-16-20(24(3)4)11-13-25-14-12-20;/h6-10,17H,5,11-16H2,1-4H3,(H2,21,22,23);1H. The summed E-state index contributed by atoms with van der Waals surface area (Å²) < 4.78 is 5.56. The third-order valence-electron chi connectivity index (χ3n) is 4.89. The molecule has 154 valence electrons. The molecule has 0 amide bonds. The number of benzene rings is 1. The van der Waals surface area contributed by atoms with E-state index in [1.54, 1.807) is 0 Å². The predicted octanol–water partition coefficient (Wildman–Crippen LogP) is 3.45. The van der Waals surface area contributed by atoms with Gasteiger partial charge < -0.3 is 20.3 Å². The molecule has 0 spiro atoms. The Morgan fingerprint density at radius 1 is 1.22 bits per heavy atom. The molecular formula is C20H35IN4OS. The quantitative estimate of drug-likeness (QED) is 0.245. The summed E-state index contributed by atoms with van der Waals surface area (Å²) in [7, 11) is 4.31. The van der Waals surface area contributed by atoms with Crippen molar-refractivity contribution < 1.29 is 4.74 Å². The highest BCUT2D eigenvalue weighted by Crippen LogP contribution is 2.26. The van der Waals surface area contributed by atoms with Crippen LogP contribution in [0.25, 0.3) is 0 Å². The van der Waals surface area contributed by atoms with Gasteiger partial charge in [-0.15, -0.1) is 35.7 Å². The van der Waals surface area contributed by atoms with Gasteiger partial charge in [0.15, 0.2) is 5.96 Å². The second-order valence-electron chi connectivity index (χ2n) is 7.05. The van der Waals surface area contributed by atoms with Gasteiger partial charge in [0.05, 0.1) is 6.54 Å². The van der Waals surface area contributed by atoms with Crippen LogP contribution in [0.1, 0.15) is 26.7 Å². The average Bonchev–Trinajstić information content (AvgIpc) is 2.65. The van der Waals surface area contributed by atoms with Crippen molar-refractivity contribution in [2.45, 2.75) is 42.4 Å². The number of rotatable bonds is 8. The van der Waals surface area contributed by atoms with Crippen molar-refractivity contribution >= 4 is 41.7 Å². The van der Waals surface area contributed by atoms with E-state index in [1.165, 1.54) is 4.90 Å². The van der Waals surface area contributed by atoms with Crippen LogP contribution in [0.5, 0.6) is 0 Å². The lowest BCUT2D eigenvalue weighted by Crippen LogP contribution is -2.52. The number of guanidine groups is 1. The van der Waals surface area contributed by atoms with Crippen molar-refractivity contribution in [1.29, 1.82) is 0 Å². The molecule has 0 aliphatic carbocycles.